The molecule has 5 heteroatoms. The molecule has 2 aromatic carbocycles. The van der Waals surface area contributed by atoms with Crippen LogP contribution in [0, 0.1) is 6.92 Å². The molecular weight excluding hydrogens is 387 g/mol. The molecule has 0 amide bonds. The van der Waals surface area contributed by atoms with Crippen LogP contribution in [0.2, 0.25) is 0 Å². The van der Waals surface area contributed by atoms with Gasteiger partial charge in [0.05, 0.1) is 15.4 Å². The lowest BCUT2D eigenvalue weighted by atomic mass is 10.2. The largest absolute Gasteiger partial charge is 0.297 e. The number of rotatable bonds is 5. The molecule has 1 unspecified atom stereocenters. The minimum absolute atomic E-state index is 0.00553. The zero-order valence-corrected chi connectivity index (χ0v) is 14.0. The molecule has 0 N–H and O–H groups in total. The Morgan fingerprint density at radius 3 is 2.25 bits per heavy atom. The van der Waals surface area contributed by atoms with Crippen molar-refractivity contribution in [3.05, 3.63) is 65.7 Å². The van der Waals surface area contributed by atoms with E-state index in [4.69, 9.17) is 4.18 Å². The lowest BCUT2D eigenvalue weighted by Crippen LogP contribution is -2.10. The van der Waals surface area contributed by atoms with Gasteiger partial charge in [0.1, 0.15) is 0 Å². The Morgan fingerprint density at radius 2 is 1.65 bits per heavy atom. The van der Waals surface area contributed by atoms with E-state index in [0.717, 1.165) is 11.1 Å². The fourth-order valence-electron chi connectivity index (χ4n) is 1.68. The summed E-state index contributed by atoms with van der Waals surface area (Å²) in [6, 6.07) is 16.3. The van der Waals surface area contributed by atoms with Crippen molar-refractivity contribution in [1.29, 1.82) is 0 Å². The maximum absolute atomic E-state index is 12.1. The standard InChI is InChI=1S/C15H15IO3S/c1-12-7-9-14(10-8-12)20(17,18)19-11-15(16)13-5-3-2-4-6-13/h2-10,15H,11H2,1H3. The number of hydrogen-bond donors (Lipinski definition) is 0. The monoisotopic (exact) mass is 402 g/mol. The van der Waals surface area contributed by atoms with Crippen LogP contribution in [0.15, 0.2) is 59.5 Å². The van der Waals surface area contributed by atoms with Crippen LogP contribution < -0.4 is 0 Å². The van der Waals surface area contributed by atoms with Crippen molar-refractivity contribution < 1.29 is 12.6 Å². The fraction of sp³-hybridized carbons (Fsp3) is 0.200. The highest BCUT2D eigenvalue weighted by atomic mass is 127. The second-order valence-electron chi connectivity index (χ2n) is 4.43. The maximum atomic E-state index is 12.1. The molecule has 0 aromatic heterocycles. The topological polar surface area (TPSA) is 43.4 Å². The Bertz CT molecular complexity index is 651. The molecular formula is C15H15IO3S. The highest BCUT2D eigenvalue weighted by Crippen LogP contribution is 2.25. The van der Waals surface area contributed by atoms with Gasteiger partial charge in [-0.1, -0.05) is 70.6 Å². The second kappa shape index (κ2) is 6.69. The number of aryl methyl sites for hydroxylation is 1. The third-order valence-corrected chi connectivity index (χ3v) is 5.22. The van der Waals surface area contributed by atoms with Crippen molar-refractivity contribution in [2.45, 2.75) is 15.7 Å². The first-order valence-electron chi connectivity index (χ1n) is 6.14. The van der Waals surface area contributed by atoms with Gasteiger partial charge in [-0.15, -0.1) is 0 Å². The number of benzene rings is 2. The van der Waals surface area contributed by atoms with E-state index in [9.17, 15) is 8.42 Å². The molecule has 2 aromatic rings. The van der Waals surface area contributed by atoms with Crippen LogP contribution in [0.5, 0.6) is 0 Å². The predicted octanol–water partition coefficient (Wildman–Crippen LogP) is 3.88. The quantitative estimate of drug-likeness (QED) is 0.433. The summed E-state index contributed by atoms with van der Waals surface area (Å²) in [6.45, 7) is 2.04. The Kier molecular flexibility index (Phi) is 5.17. The molecule has 0 aliphatic rings. The molecule has 0 bridgehead atoms. The molecule has 0 aliphatic carbocycles. The van der Waals surface area contributed by atoms with Gasteiger partial charge in [0.15, 0.2) is 0 Å². The van der Waals surface area contributed by atoms with Crippen LogP contribution in [-0.4, -0.2) is 15.0 Å². The first-order chi connectivity index (χ1) is 9.49. The fourth-order valence-corrected chi connectivity index (χ4v) is 3.44. The molecule has 0 saturated carbocycles. The van der Waals surface area contributed by atoms with Gasteiger partial charge in [0.2, 0.25) is 0 Å². The first kappa shape index (κ1) is 15.5. The molecule has 106 valence electrons. The van der Waals surface area contributed by atoms with Crippen molar-refractivity contribution in [1.82, 2.24) is 0 Å². The molecule has 1 atom stereocenters. The Hall–Kier alpha value is -0.920. The highest BCUT2D eigenvalue weighted by molar-refractivity contribution is 14.1. The summed E-state index contributed by atoms with van der Waals surface area (Å²) in [6.07, 6.45) is 0. The van der Waals surface area contributed by atoms with Gasteiger partial charge in [-0.2, -0.15) is 8.42 Å². The van der Waals surface area contributed by atoms with E-state index in [1.807, 2.05) is 37.3 Å². The van der Waals surface area contributed by atoms with Crippen LogP contribution in [0.4, 0.5) is 0 Å². The summed E-state index contributed by atoms with van der Waals surface area (Å²) in [5.74, 6) is 0. The molecule has 3 nitrogen and oxygen atoms in total. The highest BCUT2D eigenvalue weighted by Gasteiger charge is 2.17. The van der Waals surface area contributed by atoms with E-state index in [0.29, 0.717) is 0 Å². The van der Waals surface area contributed by atoms with Gasteiger partial charge < -0.3 is 0 Å². The summed E-state index contributed by atoms with van der Waals surface area (Å²) >= 11 is 2.18. The minimum Gasteiger partial charge on any atom is -0.265 e. The molecule has 2 rings (SSSR count). The molecule has 20 heavy (non-hydrogen) atoms. The average Bonchev–Trinajstić information content (AvgIpc) is 2.46. The van der Waals surface area contributed by atoms with E-state index in [-0.39, 0.29) is 15.4 Å². The molecule has 0 heterocycles. The smallest absolute Gasteiger partial charge is 0.265 e. The van der Waals surface area contributed by atoms with E-state index in [1.165, 1.54) is 0 Å². The van der Waals surface area contributed by atoms with E-state index < -0.39 is 10.1 Å². The second-order valence-corrected chi connectivity index (χ2v) is 7.55. The lowest BCUT2D eigenvalue weighted by molar-refractivity contribution is 0.323. The van der Waals surface area contributed by atoms with E-state index in [1.54, 1.807) is 24.3 Å². The Balaban J connectivity index is 2.04. The van der Waals surface area contributed by atoms with Crippen molar-refractivity contribution in [2.75, 3.05) is 6.61 Å². The van der Waals surface area contributed by atoms with Crippen LogP contribution in [0.25, 0.3) is 0 Å². The van der Waals surface area contributed by atoms with E-state index >= 15 is 0 Å². The molecule has 0 aliphatic heterocycles. The maximum Gasteiger partial charge on any atom is 0.297 e. The predicted molar refractivity (Wildman–Crippen MR) is 87.5 cm³/mol. The van der Waals surface area contributed by atoms with Crippen LogP contribution in [0.3, 0.4) is 0 Å². The third-order valence-electron chi connectivity index (χ3n) is 2.84. The lowest BCUT2D eigenvalue weighted by Gasteiger charge is -2.11. The Labute approximate surface area is 133 Å². The molecule has 0 fully saturated rings. The van der Waals surface area contributed by atoms with Crippen LogP contribution in [-0.2, 0) is 14.3 Å². The van der Waals surface area contributed by atoms with Gasteiger partial charge >= 0.3 is 0 Å². The summed E-state index contributed by atoms with van der Waals surface area (Å²) in [7, 11) is -3.68. The minimum atomic E-state index is -3.68. The van der Waals surface area contributed by atoms with Gasteiger partial charge in [-0.3, -0.25) is 4.18 Å². The van der Waals surface area contributed by atoms with Gasteiger partial charge in [0, 0.05) is 0 Å². The third kappa shape index (κ3) is 4.04. The molecule has 0 radical (unpaired) electrons. The summed E-state index contributed by atoms with van der Waals surface area (Å²) in [4.78, 5) is 0.194. The molecule has 0 saturated heterocycles. The van der Waals surface area contributed by atoms with Crippen molar-refractivity contribution in [3.63, 3.8) is 0 Å². The number of hydrogen-bond acceptors (Lipinski definition) is 3. The van der Waals surface area contributed by atoms with Gasteiger partial charge in [-0.05, 0) is 24.6 Å². The average molecular weight is 402 g/mol. The van der Waals surface area contributed by atoms with Gasteiger partial charge in [0.25, 0.3) is 10.1 Å². The van der Waals surface area contributed by atoms with Crippen LogP contribution in [0.1, 0.15) is 15.1 Å². The van der Waals surface area contributed by atoms with Crippen molar-refractivity contribution >= 4 is 32.7 Å². The molecule has 0 spiro atoms. The number of halogens is 1. The zero-order chi connectivity index (χ0) is 14.6. The summed E-state index contributed by atoms with van der Waals surface area (Å²) < 4.78 is 29.2. The van der Waals surface area contributed by atoms with Crippen molar-refractivity contribution in [3.8, 4) is 0 Å². The normalized spacial score (nSPS) is 13.1. The SMILES string of the molecule is Cc1ccc(S(=O)(=O)OCC(I)c2ccccc2)cc1. The van der Waals surface area contributed by atoms with E-state index in [2.05, 4.69) is 22.6 Å². The zero-order valence-electron chi connectivity index (χ0n) is 11.0. The summed E-state index contributed by atoms with van der Waals surface area (Å²) in [5.41, 5.74) is 2.06. The first-order valence-corrected chi connectivity index (χ1v) is 8.79. The summed E-state index contributed by atoms with van der Waals surface area (Å²) in [5, 5.41) is 0. The van der Waals surface area contributed by atoms with Crippen molar-refractivity contribution in [2.24, 2.45) is 0 Å². The van der Waals surface area contributed by atoms with Crippen LogP contribution >= 0.6 is 22.6 Å². The number of alkyl halides is 1. The van der Waals surface area contributed by atoms with Gasteiger partial charge in [-0.25, -0.2) is 0 Å². The Morgan fingerprint density at radius 1 is 1.05 bits per heavy atom.